The van der Waals surface area contributed by atoms with Gasteiger partial charge in [-0.2, -0.15) is 0 Å². The largest absolute Gasteiger partial charge is 0.390 e. The predicted octanol–water partition coefficient (Wildman–Crippen LogP) is -1.92. The van der Waals surface area contributed by atoms with Crippen LogP contribution in [0.4, 0.5) is 0 Å². The quantitative estimate of drug-likeness (QED) is 0.558. The average molecular weight is 320 g/mol. The van der Waals surface area contributed by atoms with E-state index in [9.17, 15) is 18.6 Å². The van der Waals surface area contributed by atoms with Crippen molar-refractivity contribution >= 4 is 10.0 Å². The Morgan fingerprint density at radius 2 is 2.19 bits per heavy atom. The van der Waals surface area contributed by atoms with E-state index in [-0.39, 0.29) is 5.92 Å². The number of methoxy groups -OCH3 is 1. The van der Waals surface area contributed by atoms with Gasteiger partial charge < -0.3 is 14.9 Å². The summed E-state index contributed by atoms with van der Waals surface area (Å²) in [6.45, 7) is 0.686. The standard InChI is InChI=1S/C11H20N4O5S/c1-20-6-8-5-15(14-12-8)4-7-3-9(11(17)10(7)16)13-21(2,18)19/h5,7,9-11,13,16-17H,3-4,6H2,1-2H3/t7-,9-,10-,11+/m1/s1. The summed E-state index contributed by atoms with van der Waals surface area (Å²) in [5.41, 5.74) is 0.663. The fraction of sp³-hybridized carbons (Fsp3) is 0.818. The molecule has 10 heteroatoms. The van der Waals surface area contributed by atoms with Gasteiger partial charge in [0, 0.05) is 19.6 Å². The van der Waals surface area contributed by atoms with E-state index in [4.69, 9.17) is 4.74 Å². The van der Waals surface area contributed by atoms with Gasteiger partial charge >= 0.3 is 0 Å². The zero-order chi connectivity index (χ0) is 15.6. The number of aliphatic hydroxyl groups excluding tert-OH is 2. The van der Waals surface area contributed by atoms with Gasteiger partial charge in [-0.05, 0) is 6.42 Å². The van der Waals surface area contributed by atoms with Crippen LogP contribution in [0.25, 0.3) is 0 Å². The third kappa shape index (κ3) is 4.20. The lowest BCUT2D eigenvalue weighted by Gasteiger charge is -2.17. The summed E-state index contributed by atoms with van der Waals surface area (Å²) in [5, 5.41) is 27.8. The highest BCUT2D eigenvalue weighted by Gasteiger charge is 2.42. The lowest BCUT2D eigenvalue weighted by molar-refractivity contribution is 0.00974. The molecule has 1 fully saturated rings. The van der Waals surface area contributed by atoms with E-state index in [1.807, 2.05) is 0 Å². The van der Waals surface area contributed by atoms with E-state index in [0.717, 1.165) is 6.26 Å². The third-order valence-electron chi connectivity index (χ3n) is 3.47. The Labute approximate surface area is 123 Å². The highest BCUT2D eigenvalue weighted by atomic mass is 32.2. The van der Waals surface area contributed by atoms with Crippen molar-refractivity contribution < 1.29 is 23.4 Å². The maximum Gasteiger partial charge on any atom is 0.209 e. The second-order valence-electron chi connectivity index (χ2n) is 5.34. The van der Waals surface area contributed by atoms with Crippen LogP contribution in [0.3, 0.4) is 0 Å². The molecule has 1 aliphatic carbocycles. The van der Waals surface area contributed by atoms with Crippen LogP contribution in [0.2, 0.25) is 0 Å². The van der Waals surface area contributed by atoms with E-state index < -0.39 is 28.3 Å². The maximum absolute atomic E-state index is 11.2. The highest BCUT2D eigenvalue weighted by molar-refractivity contribution is 7.88. The second kappa shape index (κ2) is 6.36. The first-order valence-corrected chi connectivity index (χ1v) is 8.40. The van der Waals surface area contributed by atoms with Crippen LogP contribution >= 0.6 is 0 Å². The van der Waals surface area contributed by atoms with Crippen molar-refractivity contribution in [1.29, 1.82) is 0 Å². The van der Waals surface area contributed by atoms with Crippen LogP contribution in [0, 0.1) is 5.92 Å². The van der Waals surface area contributed by atoms with Gasteiger partial charge in [0.05, 0.1) is 37.3 Å². The van der Waals surface area contributed by atoms with Crippen LogP contribution in [0.15, 0.2) is 6.20 Å². The van der Waals surface area contributed by atoms with Crippen LogP contribution in [0.5, 0.6) is 0 Å². The van der Waals surface area contributed by atoms with Gasteiger partial charge in [0.2, 0.25) is 10.0 Å². The van der Waals surface area contributed by atoms with Crippen LogP contribution in [-0.4, -0.2) is 65.2 Å². The Morgan fingerprint density at radius 1 is 1.48 bits per heavy atom. The molecule has 0 aromatic carbocycles. The lowest BCUT2D eigenvalue weighted by Crippen LogP contribution is -2.42. The van der Waals surface area contributed by atoms with Crippen LogP contribution < -0.4 is 4.72 Å². The Bertz CT molecular complexity index is 575. The Morgan fingerprint density at radius 3 is 2.81 bits per heavy atom. The molecule has 1 saturated carbocycles. The van der Waals surface area contributed by atoms with Gasteiger partial charge in [0.25, 0.3) is 0 Å². The number of aromatic nitrogens is 3. The first-order chi connectivity index (χ1) is 9.80. The number of aliphatic hydroxyl groups is 2. The molecule has 1 aromatic heterocycles. The van der Waals surface area contributed by atoms with Gasteiger partial charge in [-0.25, -0.2) is 13.1 Å². The molecule has 1 aliphatic rings. The van der Waals surface area contributed by atoms with E-state index in [1.165, 1.54) is 0 Å². The Kier molecular flexibility index (Phi) is 4.94. The summed E-state index contributed by atoms with van der Waals surface area (Å²) in [6.07, 6.45) is 0.897. The van der Waals surface area contributed by atoms with Gasteiger partial charge in [-0.1, -0.05) is 5.21 Å². The molecule has 4 atom stereocenters. The number of nitrogens with one attached hydrogen (secondary N) is 1. The van der Waals surface area contributed by atoms with Crippen molar-refractivity contribution in [2.75, 3.05) is 13.4 Å². The molecule has 0 saturated heterocycles. The molecule has 1 aromatic rings. The fourth-order valence-corrected chi connectivity index (χ4v) is 3.36. The van der Waals surface area contributed by atoms with E-state index in [1.54, 1.807) is 18.0 Å². The first kappa shape index (κ1) is 16.3. The molecule has 0 radical (unpaired) electrons. The van der Waals surface area contributed by atoms with Crippen LogP contribution in [-0.2, 0) is 27.9 Å². The normalized spacial score (nSPS) is 29.9. The smallest absolute Gasteiger partial charge is 0.209 e. The first-order valence-electron chi connectivity index (χ1n) is 6.51. The van der Waals surface area contributed by atoms with Crippen molar-refractivity contribution in [3.05, 3.63) is 11.9 Å². The summed E-state index contributed by atoms with van der Waals surface area (Å²) in [6, 6.07) is -0.693. The van der Waals surface area contributed by atoms with E-state index in [2.05, 4.69) is 15.0 Å². The molecule has 0 bridgehead atoms. The van der Waals surface area contributed by atoms with Crippen molar-refractivity contribution in [3.8, 4) is 0 Å². The summed E-state index contributed by atoms with van der Waals surface area (Å²) in [7, 11) is -1.88. The number of sulfonamides is 1. The summed E-state index contributed by atoms with van der Waals surface area (Å²) >= 11 is 0. The number of ether oxygens (including phenoxy) is 1. The van der Waals surface area contributed by atoms with Crippen molar-refractivity contribution in [1.82, 2.24) is 19.7 Å². The number of rotatable bonds is 6. The molecule has 0 amide bonds. The van der Waals surface area contributed by atoms with Crippen molar-refractivity contribution in [2.45, 2.75) is 37.8 Å². The van der Waals surface area contributed by atoms with Gasteiger partial charge in [0.15, 0.2) is 0 Å². The summed E-state index contributed by atoms with van der Waals surface area (Å²) < 4.78 is 31.3. The minimum absolute atomic E-state index is 0.309. The summed E-state index contributed by atoms with van der Waals surface area (Å²) in [5.74, 6) is -0.309. The second-order valence-corrected chi connectivity index (χ2v) is 7.12. The van der Waals surface area contributed by atoms with Gasteiger partial charge in [0.1, 0.15) is 5.69 Å². The minimum atomic E-state index is -3.44. The molecule has 9 nitrogen and oxygen atoms in total. The van der Waals surface area contributed by atoms with E-state index >= 15 is 0 Å². The molecule has 0 spiro atoms. The minimum Gasteiger partial charge on any atom is -0.390 e. The van der Waals surface area contributed by atoms with E-state index in [0.29, 0.717) is 25.3 Å². The number of hydrogen-bond acceptors (Lipinski definition) is 7. The zero-order valence-corrected chi connectivity index (χ0v) is 12.7. The zero-order valence-electron chi connectivity index (χ0n) is 11.9. The van der Waals surface area contributed by atoms with Crippen molar-refractivity contribution in [2.24, 2.45) is 5.92 Å². The molecular formula is C11H20N4O5S. The van der Waals surface area contributed by atoms with Gasteiger partial charge in [-0.15, -0.1) is 5.10 Å². The van der Waals surface area contributed by atoms with Crippen molar-refractivity contribution in [3.63, 3.8) is 0 Å². The summed E-state index contributed by atoms with van der Waals surface area (Å²) in [4.78, 5) is 0. The van der Waals surface area contributed by atoms with Crippen LogP contribution in [0.1, 0.15) is 12.1 Å². The molecule has 0 aliphatic heterocycles. The topological polar surface area (TPSA) is 127 Å². The molecule has 120 valence electrons. The highest BCUT2D eigenvalue weighted by Crippen LogP contribution is 2.28. The Balaban J connectivity index is 2.00. The maximum atomic E-state index is 11.2. The molecule has 21 heavy (non-hydrogen) atoms. The predicted molar refractivity (Wildman–Crippen MR) is 72.6 cm³/mol. The lowest BCUT2D eigenvalue weighted by atomic mass is 10.1. The molecular weight excluding hydrogens is 300 g/mol. The average Bonchev–Trinajstić information content (AvgIpc) is 2.90. The molecule has 2 rings (SSSR count). The number of hydrogen-bond donors (Lipinski definition) is 3. The molecule has 0 unspecified atom stereocenters. The van der Waals surface area contributed by atoms with Gasteiger partial charge in [-0.3, -0.25) is 4.68 Å². The third-order valence-corrected chi connectivity index (χ3v) is 4.20. The SMILES string of the molecule is COCc1cn(C[C@H]2C[C@@H](NS(C)(=O)=O)[C@H](O)[C@@H]2O)nn1. The number of nitrogens with zero attached hydrogens (tertiary/aromatic N) is 3. The molecule has 1 heterocycles. The molecule has 3 N–H and O–H groups in total. The monoisotopic (exact) mass is 320 g/mol. The Hall–Kier alpha value is -1.07. The fourth-order valence-electron chi connectivity index (χ4n) is 2.58.